The Hall–Kier alpha value is -2.80. The molecule has 0 aliphatic heterocycles. The van der Waals surface area contributed by atoms with Gasteiger partial charge in [0.25, 0.3) is 0 Å². The van der Waals surface area contributed by atoms with Crippen LogP contribution in [0.2, 0.25) is 0 Å². The number of rotatable bonds is 3. The van der Waals surface area contributed by atoms with E-state index in [1.807, 2.05) is 12.1 Å². The highest BCUT2D eigenvalue weighted by molar-refractivity contribution is 5.73. The molecule has 0 heterocycles. The van der Waals surface area contributed by atoms with E-state index in [1.165, 1.54) is 22.3 Å². The second-order valence-electron chi connectivity index (χ2n) is 5.82. The van der Waals surface area contributed by atoms with Gasteiger partial charge in [0.2, 0.25) is 0 Å². The Bertz CT molecular complexity index is 847. The first-order chi connectivity index (χ1) is 11.3. The van der Waals surface area contributed by atoms with Crippen molar-refractivity contribution in [3.05, 3.63) is 107 Å². The highest BCUT2D eigenvalue weighted by Gasteiger charge is 2.38. The summed E-state index contributed by atoms with van der Waals surface area (Å²) in [6.45, 7) is 0. The molecule has 4 rings (SSSR count). The third-order valence-corrected chi connectivity index (χ3v) is 4.67. The molecule has 1 unspecified atom stereocenters. The molecule has 0 saturated heterocycles. The van der Waals surface area contributed by atoms with Gasteiger partial charge in [-0.2, -0.15) is 0 Å². The summed E-state index contributed by atoms with van der Waals surface area (Å²) in [6, 6.07) is 27.7. The fourth-order valence-electron chi connectivity index (χ4n) is 3.53. The zero-order valence-electron chi connectivity index (χ0n) is 13.1. The zero-order valence-corrected chi connectivity index (χ0v) is 13.1. The van der Waals surface area contributed by atoms with Gasteiger partial charge in [0, 0.05) is 0 Å². The smallest absolute Gasteiger partial charge is 0.118 e. The normalized spacial score (nSPS) is 18.7. The molecular weight excluding hydrogens is 280 g/mol. The van der Waals surface area contributed by atoms with Crippen molar-refractivity contribution in [1.82, 2.24) is 0 Å². The monoisotopic (exact) mass is 298 g/mol. The molecule has 0 amide bonds. The fraction of sp³-hybridized carbons (Fsp3) is 0.0909. The minimum absolute atomic E-state index is 0.232. The van der Waals surface area contributed by atoms with E-state index < -0.39 is 0 Å². The van der Waals surface area contributed by atoms with Crippen LogP contribution < -0.4 is 4.74 Å². The van der Waals surface area contributed by atoms with Gasteiger partial charge in [-0.1, -0.05) is 78.9 Å². The largest absolute Gasteiger partial charge is 0.497 e. The standard InChI is InChI=1S/C22H18O/c1-23-20-13-11-19(12-14-20)22(18-8-3-2-4-9-18)16-15-17-7-5-6-10-21(17)22/h2-16H,1H3. The van der Waals surface area contributed by atoms with E-state index in [9.17, 15) is 0 Å². The highest BCUT2D eigenvalue weighted by atomic mass is 16.5. The van der Waals surface area contributed by atoms with Crippen LogP contribution in [0.3, 0.4) is 0 Å². The van der Waals surface area contributed by atoms with Crippen LogP contribution in [0.1, 0.15) is 22.3 Å². The first-order valence-electron chi connectivity index (χ1n) is 7.83. The van der Waals surface area contributed by atoms with Gasteiger partial charge in [-0.3, -0.25) is 0 Å². The Kier molecular flexibility index (Phi) is 3.27. The second kappa shape index (κ2) is 5.44. The summed E-state index contributed by atoms with van der Waals surface area (Å²) in [7, 11) is 1.70. The van der Waals surface area contributed by atoms with Crippen molar-refractivity contribution in [3.63, 3.8) is 0 Å². The van der Waals surface area contributed by atoms with Crippen LogP contribution in [0, 0.1) is 0 Å². The summed E-state index contributed by atoms with van der Waals surface area (Å²) in [6.07, 6.45) is 4.54. The van der Waals surface area contributed by atoms with Crippen LogP contribution in [0.4, 0.5) is 0 Å². The summed E-state index contributed by atoms with van der Waals surface area (Å²) in [5.74, 6) is 0.882. The molecule has 0 spiro atoms. The first-order valence-corrected chi connectivity index (χ1v) is 7.83. The fourth-order valence-corrected chi connectivity index (χ4v) is 3.53. The predicted molar refractivity (Wildman–Crippen MR) is 94.8 cm³/mol. The molecule has 1 heteroatoms. The van der Waals surface area contributed by atoms with E-state index in [-0.39, 0.29) is 5.41 Å². The number of allylic oxidation sites excluding steroid dienone is 1. The zero-order chi connectivity index (χ0) is 15.7. The van der Waals surface area contributed by atoms with Crippen molar-refractivity contribution in [1.29, 1.82) is 0 Å². The molecule has 1 atom stereocenters. The Morgan fingerprint density at radius 1 is 0.696 bits per heavy atom. The van der Waals surface area contributed by atoms with E-state index in [4.69, 9.17) is 4.74 Å². The minimum Gasteiger partial charge on any atom is -0.497 e. The molecule has 1 aliphatic carbocycles. The molecule has 1 nitrogen and oxygen atoms in total. The lowest BCUT2D eigenvalue weighted by Gasteiger charge is -2.31. The molecule has 3 aromatic carbocycles. The van der Waals surface area contributed by atoms with Crippen molar-refractivity contribution in [2.75, 3.05) is 7.11 Å². The van der Waals surface area contributed by atoms with Crippen LogP contribution in [0.25, 0.3) is 6.08 Å². The van der Waals surface area contributed by atoms with Crippen molar-refractivity contribution < 1.29 is 4.74 Å². The summed E-state index contributed by atoms with van der Waals surface area (Å²) < 4.78 is 5.32. The van der Waals surface area contributed by atoms with Crippen molar-refractivity contribution >= 4 is 6.08 Å². The molecule has 0 saturated carbocycles. The lowest BCUT2D eigenvalue weighted by Crippen LogP contribution is -2.25. The van der Waals surface area contributed by atoms with E-state index in [1.54, 1.807) is 7.11 Å². The van der Waals surface area contributed by atoms with Gasteiger partial charge in [0.05, 0.1) is 12.5 Å². The number of benzene rings is 3. The maximum Gasteiger partial charge on any atom is 0.118 e. The molecule has 0 aromatic heterocycles. The maximum absolute atomic E-state index is 5.32. The molecular formula is C22H18O. The second-order valence-corrected chi connectivity index (χ2v) is 5.82. The van der Waals surface area contributed by atoms with E-state index in [0.717, 1.165) is 5.75 Å². The molecule has 0 radical (unpaired) electrons. The van der Waals surface area contributed by atoms with Gasteiger partial charge in [-0.25, -0.2) is 0 Å². The Balaban J connectivity index is 1.98. The third kappa shape index (κ3) is 2.08. The van der Waals surface area contributed by atoms with Gasteiger partial charge < -0.3 is 4.74 Å². The number of fused-ring (bicyclic) bond motifs is 1. The maximum atomic E-state index is 5.32. The van der Waals surface area contributed by atoms with Gasteiger partial charge in [0.1, 0.15) is 5.75 Å². The van der Waals surface area contributed by atoms with Crippen LogP contribution >= 0.6 is 0 Å². The average molecular weight is 298 g/mol. The lowest BCUT2D eigenvalue weighted by atomic mass is 9.71. The molecule has 3 aromatic rings. The van der Waals surface area contributed by atoms with Crippen LogP contribution in [0.15, 0.2) is 84.9 Å². The highest BCUT2D eigenvalue weighted by Crippen LogP contribution is 2.46. The SMILES string of the molecule is COc1ccc(C2(c3ccccc3)C=Cc3ccccc32)cc1. The molecule has 23 heavy (non-hydrogen) atoms. The number of ether oxygens (including phenoxy) is 1. The average Bonchev–Trinajstić information content (AvgIpc) is 3.03. The van der Waals surface area contributed by atoms with Gasteiger partial charge in [0.15, 0.2) is 0 Å². The van der Waals surface area contributed by atoms with Crippen molar-refractivity contribution in [3.8, 4) is 5.75 Å². The molecule has 0 bridgehead atoms. The van der Waals surface area contributed by atoms with Gasteiger partial charge in [-0.05, 0) is 34.4 Å². The Labute approximate surface area is 136 Å². The molecule has 112 valence electrons. The number of hydrogen-bond acceptors (Lipinski definition) is 1. The predicted octanol–water partition coefficient (Wildman–Crippen LogP) is 5.06. The molecule has 0 N–H and O–H groups in total. The summed E-state index contributed by atoms with van der Waals surface area (Å²) in [4.78, 5) is 0. The van der Waals surface area contributed by atoms with Crippen molar-refractivity contribution in [2.45, 2.75) is 5.41 Å². The summed E-state index contributed by atoms with van der Waals surface area (Å²) in [5, 5.41) is 0. The lowest BCUT2D eigenvalue weighted by molar-refractivity contribution is 0.414. The number of hydrogen-bond donors (Lipinski definition) is 0. The molecule has 0 fully saturated rings. The topological polar surface area (TPSA) is 9.23 Å². The Morgan fingerprint density at radius 2 is 1.35 bits per heavy atom. The van der Waals surface area contributed by atoms with E-state index >= 15 is 0 Å². The number of methoxy groups -OCH3 is 1. The first kappa shape index (κ1) is 13.8. The summed E-state index contributed by atoms with van der Waals surface area (Å²) in [5.41, 5.74) is 4.92. The third-order valence-electron chi connectivity index (χ3n) is 4.67. The van der Waals surface area contributed by atoms with E-state index in [0.29, 0.717) is 0 Å². The van der Waals surface area contributed by atoms with Gasteiger partial charge in [-0.15, -0.1) is 0 Å². The minimum atomic E-state index is -0.232. The summed E-state index contributed by atoms with van der Waals surface area (Å²) >= 11 is 0. The molecule has 1 aliphatic rings. The van der Waals surface area contributed by atoms with Crippen LogP contribution in [-0.2, 0) is 5.41 Å². The van der Waals surface area contributed by atoms with Crippen molar-refractivity contribution in [2.24, 2.45) is 0 Å². The quantitative estimate of drug-likeness (QED) is 0.657. The van der Waals surface area contributed by atoms with Crippen LogP contribution in [-0.4, -0.2) is 7.11 Å². The van der Waals surface area contributed by atoms with Crippen LogP contribution in [0.5, 0.6) is 5.75 Å². The Morgan fingerprint density at radius 3 is 2.09 bits per heavy atom. The van der Waals surface area contributed by atoms with Gasteiger partial charge >= 0.3 is 0 Å². The van der Waals surface area contributed by atoms with E-state index in [2.05, 4.69) is 78.9 Å².